The fourth-order valence-electron chi connectivity index (χ4n) is 2.17. The first-order valence-electron chi connectivity index (χ1n) is 7.75. The van der Waals surface area contributed by atoms with E-state index in [0.29, 0.717) is 5.92 Å². The van der Waals surface area contributed by atoms with Gasteiger partial charge in [0.1, 0.15) is 0 Å². The Labute approximate surface area is 135 Å². The summed E-state index contributed by atoms with van der Waals surface area (Å²) < 4.78 is 0. The number of rotatable bonds is 2. The lowest BCUT2D eigenvalue weighted by atomic mass is 10.1. The molecule has 0 aromatic carbocycles. The molecule has 0 fully saturated rings. The summed E-state index contributed by atoms with van der Waals surface area (Å²) in [6, 6.07) is 0. The van der Waals surface area contributed by atoms with Crippen LogP contribution in [0.5, 0.6) is 0 Å². The van der Waals surface area contributed by atoms with Crippen LogP contribution in [0.3, 0.4) is 0 Å². The monoisotopic (exact) mass is 293 g/mol. The van der Waals surface area contributed by atoms with E-state index in [1.807, 2.05) is 44.2 Å². The third-order valence-electron chi connectivity index (χ3n) is 3.35. The number of nitrogens with zero attached hydrogens (tertiary/aromatic N) is 1. The van der Waals surface area contributed by atoms with Crippen molar-refractivity contribution >= 4 is 0 Å². The lowest BCUT2D eigenvalue weighted by Gasteiger charge is -2.26. The molecule has 1 heterocycles. The molecule has 0 aromatic heterocycles. The van der Waals surface area contributed by atoms with Gasteiger partial charge in [0.15, 0.2) is 0 Å². The molecule has 0 amide bonds. The summed E-state index contributed by atoms with van der Waals surface area (Å²) in [5.74, 6) is 0.525. The van der Waals surface area contributed by atoms with E-state index in [-0.39, 0.29) is 0 Å². The van der Waals surface area contributed by atoms with Crippen LogP contribution in [-0.2, 0) is 0 Å². The van der Waals surface area contributed by atoms with E-state index < -0.39 is 0 Å². The SMILES string of the molecule is C=C1/C=C\C=C/CC(C)/C=C\C=C/C(=C)N1C(/C=C\C)=C/C. The van der Waals surface area contributed by atoms with Gasteiger partial charge in [-0.2, -0.15) is 0 Å². The quantitative estimate of drug-likeness (QED) is 0.559. The average molecular weight is 293 g/mol. The zero-order valence-corrected chi connectivity index (χ0v) is 14.0. The van der Waals surface area contributed by atoms with Crippen LogP contribution in [0.25, 0.3) is 0 Å². The molecular formula is C21H27N. The van der Waals surface area contributed by atoms with Gasteiger partial charge in [-0.25, -0.2) is 0 Å². The van der Waals surface area contributed by atoms with Crippen molar-refractivity contribution in [1.82, 2.24) is 4.90 Å². The first kappa shape index (κ1) is 17.8. The van der Waals surface area contributed by atoms with Crippen LogP contribution < -0.4 is 0 Å². The minimum absolute atomic E-state index is 0.525. The highest BCUT2D eigenvalue weighted by Crippen LogP contribution is 2.21. The molecule has 0 aromatic rings. The molecule has 1 unspecified atom stereocenters. The maximum atomic E-state index is 4.19. The minimum Gasteiger partial charge on any atom is -0.312 e. The topological polar surface area (TPSA) is 3.24 Å². The minimum atomic E-state index is 0.525. The van der Waals surface area contributed by atoms with E-state index in [1.54, 1.807) is 0 Å². The van der Waals surface area contributed by atoms with Crippen LogP contribution in [0.1, 0.15) is 27.2 Å². The van der Waals surface area contributed by atoms with Crippen molar-refractivity contribution in [3.8, 4) is 0 Å². The summed E-state index contributed by atoms with van der Waals surface area (Å²) in [4.78, 5) is 2.05. The van der Waals surface area contributed by atoms with E-state index >= 15 is 0 Å². The van der Waals surface area contributed by atoms with Gasteiger partial charge in [0, 0.05) is 17.1 Å². The fraction of sp³-hybridized carbons (Fsp3) is 0.238. The van der Waals surface area contributed by atoms with Crippen molar-refractivity contribution in [2.75, 3.05) is 0 Å². The highest BCUT2D eigenvalue weighted by molar-refractivity contribution is 5.37. The molecule has 0 saturated heterocycles. The second kappa shape index (κ2) is 9.62. The highest BCUT2D eigenvalue weighted by Gasteiger charge is 2.10. The molecule has 1 aliphatic rings. The molecule has 0 aliphatic carbocycles. The molecule has 1 heteroatoms. The highest BCUT2D eigenvalue weighted by atomic mass is 15.1. The van der Waals surface area contributed by atoms with Crippen LogP contribution in [0.4, 0.5) is 0 Å². The van der Waals surface area contributed by atoms with Crippen molar-refractivity contribution in [2.45, 2.75) is 27.2 Å². The van der Waals surface area contributed by atoms with Gasteiger partial charge in [0.05, 0.1) is 0 Å². The average Bonchev–Trinajstić information content (AvgIpc) is 2.50. The Bertz CT molecular complexity index is 565. The van der Waals surface area contributed by atoms with Gasteiger partial charge < -0.3 is 4.90 Å². The molecule has 22 heavy (non-hydrogen) atoms. The van der Waals surface area contributed by atoms with E-state index in [0.717, 1.165) is 23.5 Å². The summed E-state index contributed by atoms with van der Waals surface area (Å²) in [5.41, 5.74) is 2.84. The maximum absolute atomic E-state index is 4.19. The van der Waals surface area contributed by atoms with Crippen molar-refractivity contribution in [1.29, 1.82) is 0 Å². The predicted octanol–water partition coefficient (Wildman–Crippen LogP) is 6.06. The van der Waals surface area contributed by atoms with Gasteiger partial charge in [-0.15, -0.1) is 0 Å². The summed E-state index contributed by atoms with van der Waals surface area (Å²) in [7, 11) is 0. The van der Waals surface area contributed by atoms with Gasteiger partial charge in [0.2, 0.25) is 0 Å². The Balaban J connectivity index is 3.19. The summed E-state index contributed by atoms with van der Waals surface area (Å²) >= 11 is 0. The van der Waals surface area contributed by atoms with E-state index in [1.165, 1.54) is 0 Å². The number of hydrogen-bond donors (Lipinski definition) is 0. The van der Waals surface area contributed by atoms with Crippen LogP contribution in [0, 0.1) is 5.92 Å². The molecule has 1 atom stereocenters. The van der Waals surface area contributed by atoms with Gasteiger partial charge in [-0.1, -0.05) is 68.7 Å². The third-order valence-corrected chi connectivity index (χ3v) is 3.35. The molecule has 0 bridgehead atoms. The van der Waals surface area contributed by atoms with Crippen LogP contribution >= 0.6 is 0 Å². The predicted molar refractivity (Wildman–Crippen MR) is 99.0 cm³/mol. The van der Waals surface area contributed by atoms with Crippen molar-refractivity contribution in [2.24, 2.45) is 5.92 Å². The van der Waals surface area contributed by atoms with Crippen LogP contribution in [0.2, 0.25) is 0 Å². The normalized spacial score (nSPS) is 27.0. The summed E-state index contributed by atoms with van der Waals surface area (Å²) in [5, 5.41) is 0. The second-order valence-electron chi connectivity index (χ2n) is 5.28. The standard InChI is InChI=1S/C21H27N/c1-6-13-21(7-2)22-19(4)16-10-8-9-14-18(3)15-11-12-17-20(22)5/h6-13,15-18H,4-5,14H2,1-3H3/b9-8-,13-6-,15-11-,16-10-,17-12-,21-7+. The second-order valence-corrected chi connectivity index (χ2v) is 5.28. The van der Waals surface area contributed by atoms with Gasteiger partial charge >= 0.3 is 0 Å². The number of hydrogen-bond acceptors (Lipinski definition) is 1. The Morgan fingerprint density at radius 3 is 2.32 bits per heavy atom. The van der Waals surface area contributed by atoms with E-state index in [2.05, 4.69) is 61.4 Å². The van der Waals surface area contributed by atoms with Crippen molar-refractivity contribution in [3.63, 3.8) is 0 Å². The summed E-state index contributed by atoms with van der Waals surface area (Å²) in [6.07, 6.45) is 23.8. The molecular weight excluding hydrogens is 266 g/mol. The van der Waals surface area contributed by atoms with Gasteiger partial charge in [0.25, 0.3) is 0 Å². The largest absolute Gasteiger partial charge is 0.312 e. The Morgan fingerprint density at radius 1 is 1.09 bits per heavy atom. The molecule has 0 saturated carbocycles. The first-order chi connectivity index (χ1) is 10.6. The molecule has 0 spiro atoms. The summed E-state index contributed by atoms with van der Waals surface area (Å²) in [6.45, 7) is 14.6. The molecule has 1 nitrogen and oxygen atoms in total. The van der Waals surface area contributed by atoms with Crippen LogP contribution in [0.15, 0.2) is 97.1 Å². The first-order valence-corrected chi connectivity index (χ1v) is 7.75. The molecule has 1 aliphatic heterocycles. The lowest BCUT2D eigenvalue weighted by Crippen LogP contribution is -2.17. The molecule has 0 radical (unpaired) electrons. The molecule has 116 valence electrons. The van der Waals surface area contributed by atoms with E-state index in [4.69, 9.17) is 0 Å². The van der Waals surface area contributed by atoms with Crippen LogP contribution in [-0.4, -0.2) is 4.90 Å². The molecule has 1 rings (SSSR count). The zero-order chi connectivity index (χ0) is 16.4. The van der Waals surface area contributed by atoms with Gasteiger partial charge in [-0.3, -0.25) is 0 Å². The Kier molecular flexibility index (Phi) is 7.77. The smallest absolute Gasteiger partial charge is 0.0415 e. The van der Waals surface area contributed by atoms with Gasteiger partial charge in [-0.05, 0) is 44.4 Å². The Hall–Kier alpha value is -2.28. The van der Waals surface area contributed by atoms with E-state index in [9.17, 15) is 0 Å². The fourth-order valence-corrected chi connectivity index (χ4v) is 2.17. The number of allylic oxidation sites excluding steroid dienone is 11. The zero-order valence-electron chi connectivity index (χ0n) is 14.0. The van der Waals surface area contributed by atoms with Crippen molar-refractivity contribution < 1.29 is 0 Å². The maximum Gasteiger partial charge on any atom is 0.0415 e. The molecule has 0 N–H and O–H groups in total. The van der Waals surface area contributed by atoms with Crippen molar-refractivity contribution in [3.05, 3.63) is 97.1 Å². The Morgan fingerprint density at radius 2 is 1.73 bits per heavy atom. The lowest BCUT2D eigenvalue weighted by molar-refractivity contribution is 0.582. The third kappa shape index (κ3) is 5.61.